The number of unbranched alkanes of at least 4 members (excludes halogenated alkanes) is 35. The molecule has 0 radical (unpaired) electrons. The molecule has 0 amide bonds. The maximum atomic E-state index is 13.0. The third-order valence-corrected chi connectivity index (χ3v) is 16.4. The molecule has 0 aliphatic heterocycles. The van der Waals surface area contributed by atoms with Crippen LogP contribution in [0.1, 0.15) is 317 Å². The summed E-state index contributed by atoms with van der Waals surface area (Å²) >= 11 is 0. The van der Waals surface area contributed by atoms with E-state index < -0.39 is 97.5 Å². The molecule has 0 aromatic carbocycles. The molecule has 0 spiro atoms. The van der Waals surface area contributed by atoms with Crippen LogP contribution in [-0.2, 0) is 65.4 Å². The van der Waals surface area contributed by atoms with Crippen LogP contribution in [0.3, 0.4) is 0 Å². The van der Waals surface area contributed by atoms with Crippen molar-refractivity contribution in [3.8, 4) is 0 Å². The average Bonchev–Trinajstić information content (AvgIpc) is 3.45. The van der Waals surface area contributed by atoms with Gasteiger partial charge in [-0.05, 0) is 31.6 Å². The lowest BCUT2D eigenvalue weighted by atomic mass is 10.0. The first-order valence-corrected chi connectivity index (χ1v) is 36.1. The molecule has 0 fully saturated rings. The third-order valence-electron chi connectivity index (χ3n) is 14.5. The van der Waals surface area contributed by atoms with Gasteiger partial charge < -0.3 is 33.8 Å². The number of phosphoric acid groups is 2. The maximum Gasteiger partial charge on any atom is 0.472 e. The second-order valence-electron chi connectivity index (χ2n) is 23.3. The summed E-state index contributed by atoms with van der Waals surface area (Å²) in [6.45, 7) is 7.00. The Kier molecular flexibility index (Phi) is 55.5. The fourth-order valence-corrected chi connectivity index (χ4v) is 11.0. The highest BCUT2D eigenvalue weighted by Gasteiger charge is 2.30. The number of ether oxygens (including phenoxy) is 4. The van der Waals surface area contributed by atoms with Crippen molar-refractivity contribution in [3.05, 3.63) is 0 Å². The number of rotatable bonds is 63. The van der Waals surface area contributed by atoms with Crippen LogP contribution < -0.4 is 0 Å². The van der Waals surface area contributed by atoms with Crippen LogP contribution in [0.4, 0.5) is 0 Å². The zero-order valence-corrected chi connectivity index (χ0v) is 54.4. The highest BCUT2D eigenvalue weighted by Crippen LogP contribution is 2.45. The van der Waals surface area contributed by atoms with E-state index in [1.807, 2.05) is 0 Å². The van der Waals surface area contributed by atoms with Crippen molar-refractivity contribution in [2.75, 3.05) is 39.6 Å². The summed E-state index contributed by atoms with van der Waals surface area (Å²) in [5.41, 5.74) is 0. The Hall–Kier alpha value is -1.94. The highest BCUT2D eigenvalue weighted by atomic mass is 31.2. The molecule has 0 aromatic rings. The number of carbonyl (C=O) groups is 4. The molecule has 5 atom stereocenters. The predicted octanol–water partition coefficient (Wildman–Crippen LogP) is 17.4. The van der Waals surface area contributed by atoms with Gasteiger partial charge in [0.2, 0.25) is 0 Å². The largest absolute Gasteiger partial charge is 0.472 e. The summed E-state index contributed by atoms with van der Waals surface area (Å²) in [7, 11) is -9.87. The Morgan fingerprint density at radius 1 is 0.329 bits per heavy atom. The van der Waals surface area contributed by atoms with Gasteiger partial charge in [-0.15, -0.1) is 0 Å². The van der Waals surface area contributed by atoms with Gasteiger partial charge in [0, 0.05) is 25.7 Å². The molecule has 19 heteroatoms. The number of esters is 4. The van der Waals surface area contributed by atoms with Gasteiger partial charge in [-0.2, -0.15) is 0 Å². The maximum absolute atomic E-state index is 13.0. The quantitative estimate of drug-likeness (QED) is 0.0222. The normalized spacial score (nSPS) is 14.3. The molecular formula is C63H122O17P2. The van der Waals surface area contributed by atoms with E-state index in [1.54, 1.807) is 0 Å². The monoisotopic (exact) mass is 1210 g/mol. The van der Waals surface area contributed by atoms with Crippen molar-refractivity contribution in [1.29, 1.82) is 0 Å². The smallest absolute Gasteiger partial charge is 0.462 e. The van der Waals surface area contributed by atoms with E-state index in [9.17, 15) is 43.2 Å². The SMILES string of the molecule is CCCCCCCCCCCCCCCCCCCCC(=O)O[C@H](COC(=O)CCCCCCCCCCCC)COP(=O)(O)OC[C@@H](O)COP(=O)(O)OC[C@@H](COC(=O)CCCCCCC)OC(=O)CCCCCCCCC(C)C. The van der Waals surface area contributed by atoms with E-state index in [-0.39, 0.29) is 25.7 Å². The van der Waals surface area contributed by atoms with Gasteiger partial charge in [-0.1, -0.05) is 266 Å². The summed E-state index contributed by atoms with van der Waals surface area (Å²) in [6, 6.07) is 0. The van der Waals surface area contributed by atoms with Crippen molar-refractivity contribution < 1.29 is 80.2 Å². The fraction of sp³-hybridized carbons (Fsp3) is 0.937. The van der Waals surface area contributed by atoms with E-state index in [0.29, 0.717) is 31.6 Å². The number of hydrogen-bond acceptors (Lipinski definition) is 15. The molecule has 17 nitrogen and oxygen atoms in total. The first-order chi connectivity index (χ1) is 39.5. The van der Waals surface area contributed by atoms with Gasteiger partial charge in [0.05, 0.1) is 26.4 Å². The summed E-state index contributed by atoms with van der Waals surface area (Å²) in [4.78, 5) is 71.8. The second kappa shape index (κ2) is 56.8. The van der Waals surface area contributed by atoms with Crippen molar-refractivity contribution in [1.82, 2.24) is 0 Å². The highest BCUT2D eigenvalue weighted by molar-refractivity contribution is 7.47. The van der Waals surface area contributed by atoms with E-state index in [4.69, 9.17) is 37.0 Å². The van der Waals surface area contributed by atoms with E-state index in [1.165, 1.54) is 135 Å². The summed E-state index contributed by atoms with van der Waals surface area (Å²) in [5, 5.41) is 10.5. The van der Waals surface area contributed by atoms with E-state index >= 15 is 0 Å². The fourth-order valence-electron chi connectivity index (χ4n) is 9.41. The minimum absolute atomic E-state index is 0.101. The Bertz CT molecular complexity index is 1600. The van der Waals surface area contributed by atoms with Gasteiger partial charge in [0.1, 0.15) is 19.3 Å². The number of hydrogen-bond donors (Lipinski definition) is 3. The van der Waals surface area contributed by atoms with Gasteiger partial charge in [0.15, 0.2) is 12.2 Å². The van der Waals surface area contributed by atoms with Crippen LogP contribution in [-0.4, -0.2) is 96.7 Å². The Labute approximate surface area is 498 Å². The standard InChI is InChI=1S/C63H122O17P2/c1-6-9-12-15-17-19-21-22-23-24-25-26-27-28-30-32-38-43-48-62(67)79-59(53-74-61(66)47-42-37-31-29-20-18-16-13-10-7-2)55-78-82(71,72)76-51-57(64)50-75-81(69,70)77-54-58(52-73-60(65)46-41-35-14-11-8-3)80-63(68)49-44-39-34-33-36-40-45-56(4)5/h56-59,64H,6-55H2,1-5H3,(H,69,70)(H,71,72)/t57-,58+,59+/m0/s1. The van der Waals surface area contributed by atoms with Gasteiger partial charge in [-0.3, -0.25) is 37.3 Å². The second-order valence-corrected chi connectivity index (χ2v) is 26.2. The Balaban J connectivity index is 5.12. The molecule has 3 N–H and O–H groups in total. The topological polar surface area (TPSA) is 237 Å². The molecule has 82 heavy (non-hydrogen) atoms. The molecule has 2 unspecified atom stereocenters. The number of phosphoric ester groups is 2. The van der Waals surface area contributed by atoms with Crippen LogP contribution in [0.15, 0.2) is 0 Å². The van der Waals surface area contributed by atoms with Crippen molar-refractivity contribution in [2.45, 2.75) is 335 Å². The lowest BCUT2D eigenvalue weighted by molar-refractivity contribution is -0.161. The minimum Gasteiger partial charge on any atom is -0.462 e. The van der Waals surface area contributed by atoms with Crippen LogP contribution in [0.5, 0.6) is 0 Å². The lowest BCUT2D eigenvalue weighted by Gasteiger charge is -2.21. The van der Waals surface area contributed by atoms with Gasteiger partial charge >= 0.3 is 39.5 Å². The summed E-state index contributed by atoms with van der Waals surface area (Å²) in [6.07, 6.45) is 40.9. The molecule has 0 aliphatic rings. The van der Waals surface area contributed by atoms with E-state index in [2.05, 4.69) is 34.6 Å². The van der Waals surface area contributed by atoms with Crippen LogP contribution in [0.25, 0.3) is 0 Å². The first-order valence-electron chi connectivity index (χ1n) is 33.1. The molecule has 0 saturated heterocycles. The molecule has 0 rings (SSSR count). The first kappa shape index (κ1) is 80.1. The molecule has 0 aliphatic carbocycles. The third kappa shape index (κ3) is 57.2. The molecular weight excluding hydrogens is 1090 g/mol. The summed E-state index contributed by atoms with van der Waals surface area (Å²) in [5.74, 6) is -1.48. The lowest BCUT2D eigenvalue weighted by Crippen LogP contribution is -2.30. The molecule has 0 bridgehead atoms. The summed E-state index contributed by atoms with van der Waals surface area (Å²) < 4.78 is 67.7. The molecule has 0 aromatic heterocycles. The van der Waals surface area contributed by atoms with Crippen LogP contribution in [0, 0.1) is 5.92 Å². The van der Waals surface area contributed by atoms with Gasteiger partial charge in [0.25, 0.3) is 0 Å². The molecule has 0 saturated carbocycles. The van der Waals surface area contributed by atoms with Gasteiger partial charge in [-0.25, -0.2) is 9.13 Å². The van der Waals surface area contributed by atoms with Crippen LogP contribution >= 0.6 is 15.6 Å². The zero-order chi connectivity index (χ0) is 60.6. The van der Waals surface area contributed by atoms with Crippen LogP contribution in [0.2, 0.25) is 0 Å². The predicted molar refractivity (Wildman–Crippen MR) is 326 cm³/mol. The number of carbonyl (C=O) groups excluding carboxylic acids is 4. The molecule has 0 heterocycles. The van der Waals surface area contributed by atoms with Crippen molar-refractivity contribution >= 4 is 39.5 Å². The number of aliphatic hydroxyl groups is 1. The Morgan fingerprint density at radius 3 is 0.829 bits per heavy atom. The number of aliphatic hydroxyl groups excluding tert-OH is 1. The molecule has 486 valence electrons. The Morgan fingerprint density at radius 2 is 0.561 bits per heavy atom. The average molecular weight is 1210 g/mol. The van der Waals surface area contributed by atoms with E-state index in [0.717, 1.165) is 96.3 Å². The van der Waals surface area contributed by atoms with Crippen molar-refractivity contribution in [2.24, 2.45) is 5.92 Å². The van der Waals surface area contributed by atoms with Crippen molar-refractivity contribution in [3.63, 3.8) is 0 Å². The minimum atomic E-state index is -4.94. The zero-order valence-electron chi connectivity index (χ0n) is 52.6.